The van der Waals surface area contributed by atoms with Gasteiger partial charge < -0.3 is 14.4 Å². The van der Waals surface area contributed by atoms with E-state index in [1.165, 1.54) is 20.8 Å². The van der Waals surface area contributed by atoms with E-state index in [2.05, 4.69) is 0 Å². The number of fused-ring (bicyclic) bond motifs is 1. The summed E-state index contributed by atoms with van der Waals surface area (Å²) < 4.78 is 34.5. The standard InChI is InChI=1S/C18H21NO7S/c1-11(20)25-10-13-15(21)19-14(18(2,3)27(23,24)16(13)19)17(22)26-9-12-7-5-4-6-8-12/h4-8,13-14,16H,9-10H2,1-3H3/t13-,14+,16-/m1/s1. The molecule has 0 aromatic heterocycles. The van der Waals surface area contributed by atoms with E-state index in [4.69, 9.17) is 9.47 Å². The van der Waals surface area contributed by atoms with Gasteiger partial charge in [0.25, 0.3) is 0 Å². The van der Waals surface area contributed by atoms with Crippen LogP contribution in [0.25, 0.3) is 0 Å². The molecule has 0 bridgehead atoms. The highest BCUT2D eigenvalue weighted by molar-refractivity contribution is 7.93. The number of carbonyl (C=O) groups excluding carboxylic acids is 3. The molecule has 2 heterocycles. The smallest absolute Gasteiger partial charge is 0.330 e. The Morgan fingerprint density at radius 3 is 2.37 bits per heavy atom. The first kappa shape index (κ1) is 19.3. The van der Waals surface area contributed by atoms with Crippen molar-refractivity contribution in [2.75, 3.05) is 6.61 Å². The Hall–Kier alpha value is -2.42. The van der Waals surface area contributed by atoms with Crippen LogP contribution in [0.3, 0.4) is 0 Å². The zero-order chi connectivity index (χ0) is 20.0. The molecule has 0 aliphatic carbocycles. The molecule has 3 rings (SSSR count). The maximum absolute atomic E-state index is 12.9. The third-order valence-corrected chi connectivity index (χ3v) is 7.97. The Bertz CT molecular complexity index is 878. The first-order valence-electron chi connectivity index (χ1n) is 8.48. The summed E-state index contributed by atoms with van der Waals surface area (Å²) in [6, 6.07) is 7.72. The predicted octanol–water partition coefficient (Wildman–Crippen LogP) is 0.653. The fourth-order valence-corrected chi connectivity index (χ4v) is 5.85. The number of rotatable bonds is 5. The van der Waals surface area contributed by atoms with Gasteiger partial charge in [0.2, 0.25) is 5.91 Å². The van der Waals surface area contributed by atoms with Gasteiger partial charge in [-0.2, -0.15) is 0 Å². The molecule has 27 heavy (non-hydrogen) atoms. The molecule has 146 valence electrons. The van der Waals surface area contributed by atoms with Crippen molar-refractivity contribution < 1.29 is 32.3 Å². The molecule has 2 fully saturated rings. The molecular weight excluding hydrogens is 374 g/mol. The molecule has 0 unspecified atom stereocenters. The number of β-lactam (4-membered cyclic amide) rings is 1. The highest BCUT2D eigenvalue weighted by atomic mass is 32.2. The maximum atomic E-state index is 12.9. The van der Waals surface area contributed by atoms with Crippen LogP contribution in [-0.4, -0.2) is 53.9 Å². The fourth-order valence-electron chi connectivity index (χ4n) is 3.56. The van der Waals surface area contributed by atoms with Crippen LogP contribution in [0.15, 0.2) is 30.3 Å². The molecule has 3 atom stereocenters. The van der Waals surface area contributed by atoms with Crippen molar-refractivity contribution in [2.45, 2.75) is 43.5 Å². The molecule has 0 spiro atoms. The average Bonchev–Trinajstić information content (AvgIpc) is 2.75. The molecule has 0 radical (unpaired) electrons. The second kappa shape index (κ2) is 6.63. The Kier molecular flexibility index (Phi) is 4.75. The van der Waals surface area contributed by atoms with Crippen molar-refractivity contribution >= 4 is 27.7 Å². The topological polar surface area (TPSA) is 107 Å². The van der Waals surface area contributed by atoms with Gasteiger partial charge in [0.15, 0.2) is 15.2 Å². The van der Waals surface area contributed by atoms with Gasteiger partial charge in [0.05, 0.1) is 4.75 Å². The molecule has 1 amide bonds. The number of esters is 2. The van der Waals surface area contributed by atoms with Crippen LogP contribution in [-0.2, 0) is 40.3 Å². The van der Waals surface area contributed by atoms with Crippen LogP contribution in [0.2, 0.25) is 0 Å². The van der Waals surface area contributed by atoms with Crippen molar-refractivity contribution in [1.29, 1.82) is 0 Å². The van der Waals surface area contributed by atoms with Gasteiger partial charge in [-0.15, -0.1) is 0 Å². The number of ether oxygens (including phenoxy) is 2. The number of hydrogen-bond donors (Lipinski definition) is 0. The van der Waals surface area contributed by atoms with E-state index in [0.717, 1.165) is 10.5 Å². The lowest BCUT2D eigenvalue weighted by atomic mass is 9.92. The van der Waals surface area contributed by atoms with E-state index in [-0.39, 0.29) is 13.2 Å². The Morgan fingerprint density at radius 2 is 1.78 bits per heavy atom. The highest BCUT2D eigenvalue weighted by Gasteiger charge is 2.72. The number of benzene rings is 1. The summed E-state index contributed by atoms with van der Waals surface area (Å²) in [6.07, 6.45) is 0. The van der Waals surface area contributed by atoms with E-state index in [1.807, 2.05) is 6.07 Å². The molecule has 2 aliphatic heterocycles. The van der Waals surface area contributed by atoms with E-state index >= 15 is 0 Å². The molecule has 0 saturated carbocycles. The lowest BCUT2D eigenvalue weighted by molar-refractivity contribution is -0.171. The molecule has 1 aromatic rings. The third-order valence-electron chi connectivity index (χ3n) is 5.09. The lowest BCUT2D eigenvalue weighted by Crippen LogP contribution is -2.64. The molecule has 2 aliphatic rings. The Morgan fingerprint density at radius 1 is 1.15 bits per heavy atom. The van der Waals surface area contributed by atoms with Crippen LogP contribution < -0.4 is 0 Å². The molecule has 1 aromatic carbocycles. The molecule has 0 N–H and O–H groups in total. The SMILES string of the molecule is CC(=O)OC[C@@H]1C(=O)N2[C@@H](C(=O)OCc3ccccc3)C(C)(C)S(=O)(=O)[C@H]12. The summed E-state index contributed by atoms with van der Waals surface area (Å²) in [5.41, 5.74) is 0.753. The van der Waals surface area contributed by atoms with Gasteiger partial charge in [0.1, 0.15) is 25.2 Å². The fraction of sp³-hybridized carbons (Fsp3) is 0.500. The van der Waals surface area contributed by atoms with Gasteiger partial charge >= 0.3 is 11.9 Å². The minimum absolute atomic E-state index is 0.0180. The molecule has 8 nitrogen and oxygen atoms in total. The normalized spacial score (nSPS) is 27.4. The minimum Gasteiger partial charge on any atom is -0.465 e. The van der Waals surface area contributed by atoms with E-state index < -0.39 is 49.8 Å². The summed E-state index contributed by atoms with van der Waals surface area (Å²) in [5, 5.41) is -1.19. The number of amides is 1. The molecular formula is C18H21NO7S. The van der Waals surface area contributed by atoms with E-state index in [0.29, 0.717) is 0 Å². The van der Waals surface area contributed by atoms with Gasteiger partial charge in [-0.3, -0.25) is 9.59 Å². The van der Waals surface area contributed by atoms with Crippen LogP contribution in [0.5, 0.6) is 0 Å². The first-order chi connectivity index (χ1) is 12.6. The van der Waals surface area contributed by atoms with Gasteiger partial charge in [-0.25, -0.2) is 13.2 Å². The zero-order valence-corrected chi connectivity index (χ0v) is 16.1. The predicted molar refractivity (Wildman–Crippen MR) is 93.8 cm³/mol. The van der Waals surface area contributed by atoms with Crippen molar-refractivity contribution in [1.82, 2.24) is 4.90 Å². The first-order valence-corrected chi connectivity index (χ1v) is 10.0. The van der Waals surface area contributed by atoms with Crippen LogP contribution in [0, 0.1) is 5.92 Å². The molecule has 2 saturated heterocycles. The van der Waals surface area contributed by atoms with Crippen LogP contribution >= 0.6 is 0 Å². The van der Waals surface area contributed by atoms with Gasteiger partial charge in [-0.05, 0) is 19.4 Å². The number of hydrogen-bond acceptors (Lipinski definition) is 7. The number of carbonyl (C=O) groups is 3. The zero-order valence-electron chi connectivity index (χ0n) is 15.2. The van der Waals surface area contributed by atoms with Crippen molar-refractivity contribution in [3.05, 3.63) is 35.9 Å². The van der Waals surface area contributed by atoms with Gasteiger partial charge in [0, 0.05) is 6.92 Å². The Balaban J connectivity index is 1.81. The van der Waals surface area contributed by atoms with E-state index in [1.54, 1.807) is 24.3 Å². The highest BCUT2D eigenvalue weighted by Crippen LogP contribution is 2.49. The summed E-state index contributed by atoms with van der Waals surface area (Å²) in [7, 11) is -3.86. The van der Waals surface area contributed by atoms with Crippen LogP contribution in [0.1, 0.15) is 26.3 Å². The van der Waals surface area contributed by atoms with Crippen LogP contribution in [0.4, 0.5) is 0 Å². The second-order valence-corrected chi connectivity index (χ2v) is 9.81. The monoisotopic (exact) mass is 395 g/mol. The van der Waals surface area contributed by atoms with Crippen molar-refractivity contribution in [3.8, 4) is 0 Å². The summed E-state index contributed by atoms with van der Waals surface area (Å²) >= 11 is 0. The maximum Gasteiger partial charge on any atom is 0.330 e. The molecule has 9 heteroatoms. The van der Waals surface area contributed by atoms with Crippen molar-refractivity contribution in [2.24, 2.45) is 5.92 Å². The quantitative estimate of drug-likeness (QED) is 0.532. The third kappa shape index (κ3) is 2.99. The summed E-state index contributed by atoms with van der Waals surface area (Å²) in [5.74, 6) is -2.90. The van der Waals surface area contributed by atoms with Gasteiger partial charge in [-0.1, -0.05) is 30.3 Å². The summed E-state index contributed by atoms with van der Waals surface area (Å²) in [6.45, 7) is 3.65. The largest absolute Gasteiger partial charge is 0.465 e. The van der Waals surface area contributed by atoms with Crippen molar-refractivity contribution in [3.63, 3.8) is 0 Å². The summed E-state index contributed by atoms with van der Waals surface area (Å²) in [4.78, 5) is 37.2. The number of nitrogens with zero attached hydrogens (tertiary/aromatic N) is 1. The second-order valence-electron chi connectivity index (χ2n) is 7.19. The number of sulfone groups is 1. The minimum atomic E-state index is -3.86. The van der Waals surface area contributed by atoms with E-state index in [9.17, 15) is 22.8 Å². The average molecular weight is 395 g/mol. The lowest BCUT2D eigenvalue weighted by Gasteiger charge is -2.42. The Labute approximate surface area is 157 Å².